The number of likely N-dealkylation sites (N-methyl/N-ethyl adjacent to an activating group) is 1. The van der Waals surface area contributed by atoms with Gasteiger partial charge in [-0.25, -0.2) is 0 Å². The molecule has 0 saturated heterocycles. The van der Waals surface area contributed by atoms with Crippen LogP contribution in [0.15, 0.2) is 0 Å². The second-order valence-corrected chi connectivity index (χ2v) is 6.89. The van der Waals surface area contributed by atoms with Crippen LogP contribution in [-0.4, -0.2) is 38.0 Å². The Bertz CT molecular complexity index is 266. The number of carbonyl (C=O) groups is 1. The van der Waals surface area contributed by atoms with Crippen LogP contribution >= 0.6 is 0 Å². The zero-order chi connectivity index (χ0) is 16.1. The summed E-state index contributed by atoms with van der Waals surface area (Å²) in [6.07, 6.45) is 10.6. The molecule has 0 aromatic carbocycles. The van der Waals surface area contributed by atoms with Gasteiger partial charge in [-0.1, -0.05) is 65.7 Å². The molecule has 0 aliphatic heterocycles. The highest BCUT2D eigenvalue weighted by Gasteiger charge is 2.31. The summed E-state index contributed by atoms with van der Waals surface area (Å²) in [5, 5.41) is 3.14. The fourth-order valence-corrected chi connectivity index (χ4v) is 2.67. The minimum atomic E-state index is -0.171. The molecular formula is C18H38N2O. The van der Waals surface area contributed by atoms with Crippen LogP contribution in [0.3, 0.4) is 0 Å². The van der Waals surface area contributed by atoms with E-state index in [2.05, 4.69) is 31.0 Å². The Labute approximate surface area is 132 Å². The maximum atomic E-state index is 12.6. The Morgan fingerprint density at radius 2 is 1.48 bits per heavy atom. The molecule has 0 aliphatic carbocycles. The summed E-state index contributed by atoms with van der Waals surface area (Å²) in [7, 11) is 4.08. The highest BCUT2D eigenvalue weighted by atomic mass is 16.2. The molecule has 1 N–H and O–H groups in total. The molecule has 1 amide bonds. The minimum absolute atomic E-state index is 0.171. The first-order valence-corrected chi connectivity index (χ1v) is 8.89. The molecule has 0 saturated carbocycles. The molecule has 1 unspecified atom stereocenters. The Morgan fingerprint density at radius 3 is 2.00 bits per heavy atom. The van der Waals surface area contributed by atoms with Gasteiger partial charge < -0.3 is 10.2 Å². The van der Waals surface area contributed by atoms with E-state index in [0.29, 0.717) is 0 Å². The van der Waals surface area contributed by atoms with Gasteiger partial charge in [0.25, 0.3) is 0 Å². The molecular weight excluding hydrogens is 260 g/mol. The number of carbonyl (C=O) groups excluding carboxylic acids is 1. The molecule has 0 aromatic heterocycles. The van der Waals surface area contributed by atoms with Crippen LogP contribution in [0.1, 0.15) is 78.6 Å². The second-order valence-electron chi connectivity index (χ2n) is 6.89. The molecule has 0 rings (SSSR count). The number of hydrogen-bond acceptors (Lipinski definition) is 2. The van der Waals surface area contributed by atoms with Crippen LogP contribution in [0.5, 0.6) is 0 Å². The van der Waals surface area contributed by atoms with Crippen LogP contribution in [0, 0.1) is 5.41 Å². The quantitative estimate of drug-likeness (QED) is 0.516. The molecule has 1 atom stereocenters. The zero-order valence-corrected chi connectivity index (χ0v) is 15.1. The van der Waals surface area contributed by atoms with Crippen molar-refractivity contribution in [2.75, 3.05) is 27.2 Å². The number of unbranched alkanes of at least 4 members (excludes halogenated alkanes) is 5. The van der Waals surface area contributed by atoms with E-state index in [1.165, 1.54) is 44.9 Å². The normalized spacial score (nSPS) is 14.2. The molecule has 3 heteroatoms. The number of rotatable bonds is 13. The largest absolute Gasteiger partial charge is 0.354 e. The highest BCUT2D eigenvalue weighted by Crippen LogP contribution is 2.31. The fraction of sp³-hybridized carbons (Fsp3) is 0.944. The molecule has 0 radical (unpaired) electrons. The van der Waals surface area contributed by atoms with Crippen LogP contribution < -0.4 is 5.32 Å². The Balaban J connectivity index is 4.35. The Hall–Kier alpha value is -0.570. The lowest BCUT2D eigenvalue weighted by Crippen LogP contribution is -2.41. The van der Waals surface area contributed by atoms with E-state index in [1.807, 2.05) is 14.1 Å². The summed E-state index contributed by atoms with van der Waals surface area (Å²) >= 11 is 0. The molecule has 21 heavy (non-hydrogen) atoms. The fourth-order valence-electron chi connectivity index (χ4n) is 2.67. The van der Waals surface area contributed by atoms with Gasteiger partial charge >= 0.3 is 0 Å². The summed E-state index contributed by atoms with van der Waals surface area (Å²) < 4.78 is 0. The van der Waals surface area contributed by atoms with Crippen molar-refractivity contribution in [1.82, 2.24) is 10.2 Å². The summed E-state index contributed by atoms with van der Waals surface area (Å²) in [6.45, 7) is 8.28. The molecule has 0 aromatic rings. The van der Waals surface area contributed by atoms with E-state index < -0.39 is 0 Å². The Kier molecular flexibility index (Phi) is 11.7. The third kappa shape index (κ3) is 9.89. The van der Waals surface area contributed by atoms with Crippen molar-refractivity contribution < 1.29 is 4.79 Å². The molecule has 0 fully saturated rings. The Morgan fingerprint density at radius 1 is 0.952 bits per heavy atom. The average Bonchev–Trinajstić information content (AvgIpc) is 2.43. The summed E-state index contributed by atoms with van der Waals surface area (Å²) in [6, 6.07) is 0. The van der Waals surface area contributed by atoms with E-state index in [9.17, 15) is 4.79 Å². The maximum Gasteiger partial charge on any atom is 0.225 e. The van der Waals surface area contributed by atoms with Gasteiger partial charge in [0.2, 0.25) is 5.91 Å². The molecule has 0 aliphatic rings. The molecule has 0 heterocycles. The third-order valence-corrected chi connectivity index (χ3v) is 4.31. The van der Waals surface area contributed by atoms with Crippen LogP contribution in [-0.2, 0) is 4.79 Å². The van der Waals surface area contributed by atoms with Crippen molar-refractivity contribution in [3.05, 3.63) is 0 Å². The molecule has 0 bridgehead atoms. The monoisotopic (exact) mass is 298 g/mol. The van der Waals surface area contributed by atoms with Crippen molar-refractivity contribution in [3.8, 4) is 0 Å². The van der Waals surface area contributed by atoms with Gasteiger partial charge in [-0.3, -0.25) is 4.79 Å². The van der Waals surface area contributed by atoms with Gasteiger partial charge in [0.1, 0.15) is 0 Å². The zero-order valence-electron chi connectivity index (χ0n) is 15.1. The highest BCUT2D eigenvalue weighted by molar-refractivity contribution is 5.82. The average molecular weight is 299 g/mol. The molecule has 126 valence electrons. The van der Waals surface area contributed by atoms with Crippen molar-refractivity contribution in [2.24, 2.45) is 5.41 Å². The molecule has 3 nitrogen and oxygen atoms in total. The summed E-state index contributed by atoms with van der Waals surface area (Å²) in [5.74, 6) is 0.261. The van der Waals surface area contributed by atoms with Gasteiger partial charge in [0.15, 0.2) is 0 Å². The number of hydrogen-bond donors (Lipinski definition) is 1. The van der Waals surface area contributed by atoms with Crippen molar-refractivity contribution in [3.63, 3.8) is 0 Å². The lowest BCUT2D eigenvalue weighted by Gasteiger charge is -2.29. The van der Waals surface area contributed by atoms with Crippen LogP contribution in [0.25, 0.3) is 0 Å². The van der Waals surface area contributed by atoms with Crippen LogP contribution in [0.4, 0.5) is 0 Å². The third-order valence-electron chi connectivity index (χ3n) is 4.31. The first-order chi connectivity index (χ1) is 9.96. The SMILES string of the molecule is CCCCCCC(C)(CCCCC)C(=O)NCCN(C)C. The van der Waals surface area contributed by atoms with Gasteiger partial charge in [0, 0.05) is 18.5 Å². The van der Waals surface area contributed by atoms with Crippen molar-refractivity contribution in [2.45, 2.75) is 78.6 Å². The number of nitrogens with zero attached hydrogens (tertiary/aromatic N) is 1. The van der Waals surface area contributed by atoms with Gasteiger partial charge in [-0.2, -0.15) is 0 Å². The number of nitrogens with one attached hydrogen (secondary N) is 1. The number of amides is 1. The predicted molar refractivity (Wildman–Crippen MR) is 92.6 cm³/mol. The topological polar surface area (TPSA) is 32.3 Å². The minimum Gasteiger partial charge on any atom is -0.354 e. The van der Waals surface area contributed by atoms with E-state index in [1.54, 1.807) is 0 Å². The summed E-state index contributed by atoms with van der Waals surface area (Å²) in [5.41, 5.74) is -0.171. The van der Waals surface area contributed by atoms with Crippen molar-refractivity contribution in [1.29, 1.82) is 0 Å². The first kappa shape index (κ1) is 20.4. The smallest absolute Gasteiger partial charge is 0.225 e. The van der Waals surface area contributed by atoms with E-state index >= 15 is 0 Å². The lowest BCUT2D eigenvalue weighted by atomic mass is 9.79. The van der Waals surface area contributed by atoms with E-state index in [0.717, 1.165) is 25.9 Å². The lowest BCUT2D eigenvalue weighted by molar-refractivity contribution is -0.131. The van der Waals surface area contributed by atoms with Crippen LogP contribution in [0.2, 0.25) is 0 Å². The standard InChI is InChI=1S/C18H38N2O/c1-6-8-10-12-14-18(3,13-11-9-7-2)17(21)19-15-16-20(4)5/h6-16H2,1-5H3,(H,19,21). The van der Waals surface area contributed by atoms with Gasteiger partial charge in [-0.15, -0.1) is 0 Å². The van der Waals surface area contributed by atoms with Crippen molar-refractivity contribution >= 4 is 5.91 Å². The summed E-state index contributed by atoms with van der Waals surface area (Å²) in [4.78, 5) is 14.7. The van der Waals surface area contributed by atoms with Gasteiger partial charge in [0.05, 0.1) is 0 Å². The van der Waals surface area contributed by atoms with E-state index in [-0.39, 0.29) is 11.3 Å². The maximum absolute atomic E-state index is 12.6. The molecule has 0 spiro atoms. The predicted octanol–water partition coefficient (Wildman–Crippen LogP) is 4.22. The van der Waals surface area contributed by atoms with Gasteiger partial charge in [-0.05, 0) is 26.9 Å². The second kappa shape index (κ2) is 12.0. The first-order valence-electron chi connectivity index (χ1n) is 8.89. The van der Waals surface area contributed by atoms with E-state index in [4.69, 9.17) is 0 Å².